The van der Waals surface area contributed by atoms with Gasteiger partial charge in [-0.05, 0) is 54.4 Å². The van der Waals surface area contributed by atoms with Crippen LogP contribution in [0, 0.1) is 0 Å². The van der Waals surface area contributed by atoms with Crippen LogP contribution in [-0.2, 0) is 19.5 Å². The fraction of sp³-hybridized carbons (Fsp3) is 0.381. The molecule has 148 valence electrons. The second-order valence-corrected chi connectivity index (χ2v) is 6.51. The zero-order valence-electron chi connectivity index (χ0n) is 16.0. The van der Waals surface area contributed by atoms with Crippen molar-refractivity contribution in [3.63, 3.8) is 0 Å². The largest absolute Gasteiger partial charge is 0.384 e. The van der Waals surface area contributed by atoms with Crippen molar-refractivity contribution in [2.45, 2.75) is 33.4 Å². The van der Waals surface area contributed by atoms with Gasteiger partial charge in [-0.3, -0.25) is 9.69 Å². The van der Waals surface area contributed by atoms with E-state index >= 15 is 0 Å². The van der Waals surface area contributed by atoms with Crippen molar-refractivity contribution in [1.82, 2.24) is 10.2 Å². The number of rotatable bonds is 7. The molecule has 0 spiro atoms. The summed E-state index contributed by atoms with van der Waals surface area (Å²) in [6.07, 6.45) is 0.991. The summed E-state index contributed by atoms with van der Waals surface area (Å²) < 4.78 is 0. The number of halogens is 2. The summed E-state index contributed by atoms with van der Waals surface area (Å²) in [5, 5.41) is 6.34. The summed E-state index contributed by atoms with van der Waals surface area (Å²) in [4.78, 5) is 14.8. The maximum absolute atomic E-state index is 12.4. The second kappa shape index (κ2) is 11.2. The van der Waals surface area contributed by atoms with Crippen LogP contribution in [0.25, 0.3) is 0 Å². The van der Waals surface area contributed by atoms with Crippen molar-refractivity contribution >= 4 is 36.4 Å². The Balaban J connectivity index is 0.00000182. The van der Waals surface area contributed by atoms with Crippen LogP contribution in [0.3, 0.4) is 0 Å². The Morgan fingerprint density at radius 1 is 1.04 bits per heavy atom. The average Bonchev–Trinajstić information content (AvgIpc) is 3.12. The number of benzene rings is 2. The van der Waals surface area contributed by atoms with E-state index in [2.05, 4.69) is 53.6 Å². The van der Waals surface area contributed by atoms with E-state index in [0.717, 1.165) is 49.4 Å². The molecular weight excluding hydrogens is 381 g/mol. The molecule has 0 radical (unpaired) electrons. The zero-order chi connectivity index (χ0) is 17.6. The molecule has 4 nitrogen and oxygen atoms in total. The van der Waals surface area contributed by atoms with Crippen molar-refractivity contribution in [2.24, 2.45) is 0 Å². The van der Waals surface area contributed by atoms with E-state index < -0.39 is 0 Å². The lowest BCUT2D eigenvalue weighted by Crippen LogP contribution is -2.23. The number of carbonyl (C=O) groups is 1. The lowest BCUT2D eigenvalue weighted by molar-refractivity contribution is 0.0951. The van der Waals surface area contributed by atoms with Gasteiger partial charge in [-0.15, -0.1) is 24.8 Å². The first-order valence-corrected chi connectivity index (χ1v) is 9.14. The van der Waals surface area contributed by atoms with Gasteiger partial charge < -0.3 is 10.6 Å². The summed E-state index contributed by atoms with van der Waals surface area (Å²) in [7, 11) is 0. The number of nitrogens with one attached hydrogen (secondary N) is 2. The Morgan fingerprint density at radius 2 is 1.70 bits per heavy atom. The first-order valence-electron chi connectivity index (χ1n) is 9.14. The highest BCUT2D eigenvalue weighted by molar-refractivity contribution is 5.95. The summed E-state index contributed by atoms with van der Waals surface area (Å²) in [5.41, 5.74) is 5.55. The third kappa shape index (κ3) is 6.13. The molecule has 1 aliphatic rings. The minimum absolute atomic E-state index is 0. The molecule has 0 bridgehead atoms. The minimum atomic E-state index is -0.0121. The fourth-order valence-corrected chi connectivity index (χ4v) is 3.20. The Morgan fingerprint density at radius 3 is 2.37 bits per heavy atom. The quantitative estimate of drug-likeness (QED) is 0.717. The first kappa shape index (κ1) is 23.3. The van der Waals surface area contributed by atoms with Crippen LogP contribution in [0.4, 0.5) is 5.69 Å². The van der Waals surface area contributed by atoms with Crippen LogP contribution in [0.15, 0.2) is 42.5 Å². The van der Waals surface area contributed by atoms with E-state index in [9.17, 15) is 4.79 Å². The van der Waals surface area contributed by atoms with E-state index in [4.69, 9.17) is 0 Å². The molecule has 1 heterocycles. The average molecular weight is 410 g/mol. The highest BCUT2D eigenvalue weighted by atomic mass is 35.5. The van der Waals surface area contributed by atoms with Gasteiger partial charge in [-0.2, -0.15) is 0 Å². The molecular formula is C21H29Cl2N3O. The number of hydrogen-bond acceptors (Lipinski definition) is 3. The monoisotopic (exact) mass is 409 g/mol. The topological polar surface area (TPSA) is 44.4 Å². The molecule has 2 aromatic rings. The van der Waals surface area contributed by atoms with Crippen LogP contribution in [0.2, 0.25) is 0 Å². The Kier molecular flexibility index (Phi) is 9.64. The van der Waals surface area contributed by atoms with Crippen molar-refractivity contribution in [3.8, 4) is 0 Å². The van der Waals surface area contributed by atoms with Gasteiger partial charge >= 0.3 is 0 Å². The van der Waals surface area contributed by atoms with Crippen LogP contribution in [0.5, 0.6) is 0 Å². The van der Waals surface area contributed by atoms with Crippen molar-refractivity contribution in [1.29, 1.82) is 0 Å². The van der Waals surface area contributed by atoms with Gasteiger partial charge in [0, 0.05) is 30.9 Å². The van der Waals surface area contributed by atoms with Crippen LogP contribution in [0.1, 0.15) is 40.9 Å². The summed E-state index contributed by atoms with van der Waals surface area (Å²) >= 11 is 0. The molecule has 1 amide bonds. The predicted octanol–water partition coefficient (Wildman–Crippen LogP) is 4.27. The van der Waals surface area contributed by atoms with E-state index in [1.165, 1.54) is 11.1 Å². The van der Waals surface area contributed by atoms with E-state index in [1.54, 1.807) is 0 Å². The third-order valence-corrected chi connectivity index (χ3v) is 4.85. The zero-order valence-corrected chi connectivity index (χ0v) is 17.6. The summed E-state index contributed by atoms with van der Waals surface area (Å²) in [6.45, 7) is 8.98. The van der Waals surface area contributed by atoms with Gasteiger partial charge in [-0.25, -0.2) is 0 Å². The van der Waals surface area contributed by atoms with Crippen molar-refractivity contribution in [3.05, 3.63) is 64.7 Å². The third-order valence-electron chi connectivity index (χ3n) is 4.85. The molecule has 6 heteroatoms. The molecule has 2 N–H and O–H groups in total. The number of hydrogen-bond donors (Lipinski definition) is 2. The van der Waals surface area contributed by atoms with Crippen LogP contribution in [-0.4, -0.2) is 30.4 Å². The molecule has 0 aromatic heterocycles. The lowest BCUT2D eigenvalue weighted by Gasteiger charge is -2.18. The lowest BCUT2D eigenvalue weighted by atomic mass is 10.1. The van der Waals surface area contributed by atoms with E-state index in [-0.39, 0.29) is 30.7 Å². The van der Waals surface area contributed by atoms with Gasteiger partial charge in [0.1, 0.15) is 0 Å². The maximum Gasteiger partial charge on any atom is 0.251 e. The SMILES string of the molecule is CCN(CC)Cc1ccc(CNC(=O)c2ccc3c(c2)CCN3)cc1.Cl.Cl. The van der Waals surface area contributed by atoms with Crippen LogP contribution < -0.4 is 10.6 Å². The molecule has 1 aliphatic heterocycles. The van der Waals surface area contributed by atoms with Crippen LogP contribution >= 0.6 is 24.8 Å². The highest BCUT2D eigenvalue weighted by Crippen LogP contribution is 2.23. The second-order valence-electron chi connectivity index (χ2n) is 6.51. The van der Waals surface area contributed by atoms with Gasteiger partial charge in [0.2, 0.25) is 0 Å². The number of anilines is 1. The smallest absolute Gasteiger partial charge is 0.251 e. The van der Waals surface area contributed by atoms with Gasteiger partial charge in [0.15, 0.2) is 0 Å². The molecule has 0 saturated heterocycles. The standard InChI is InChI=1S/C21H27N3O.2ClH/c1-3-24(4-2)15-17-7-5-16(6-8-17)14-23-21(25)19-9-10-20-18(13-19)11-12-22-20;;/h5-10,13,22H,3-4,11-12,14-15H2,1-2H3,(H,23,25);2*1H. The van der Waals surface area contributed by atoms with Crippen molar-refractivity contribution in [2.75, 3.05) is 25.0 Å². The molecule has 3 rings (SSSR count). The molecule has 27 heavy (non-hydrogen) atoms. The molecule has 0 aliphatic carbocycles. The number of nitrogens with zero attached hydrogens (tertiary/aromatic N) is 1. The minimum Gasteiger partial charge on any atom is -0.384 e. The molecule has 0 saturated carbocycles. The van der Waals surface area contributed by atoms with E-state index in [0.29, 0.717) is 6.54 Å². The Hall–Kier alpha value is -1.75. The first-order chi connectivity index (χ1) is 12.2. The highest BCUT2D eigenvalue weighted by Gasteiger charge is 2.13. The normalized spacial score (nSPS) is 11.8. The maximum atomic E-state index is 12.4. The number of amides is 1. The molecule has 0 atom stereocenters. The molecule has 0 fully saturated rings. The Labute approximate surface area is 174 Å². The predicted molar refractivity (Wildman–Crippen MR) is 117 cm³/mol. The fourth-order valence-electron chi connectivity index (χ4n) is 3.20. The van der Waals surface area contributed by atoms with E-state index in [1.807, 2.05) is 18.2 Å². The number of carbonyl (C=O) groups excluding carboxylic acids is 1. The van der Waals surface area contributed by atoms with Crippen molar-refractivity contribution < 1.29 is 4.79 Å². The molecule has 2 aromatic carbocycles. The van der Waals surface area contributed by atoms with Gasteiger partial charge in [0.25, 0.3) is 5.91 Å². The summed E-state index contributed by atoms with van der Waals surface area (Å²) in [6, 6.07) is 14.4. The summed E-state index contributed by atoms with van der Waals surface area (Å²) in [5.74, 6) is -0.0121. The molecule has 0 unspecified atom stereocenters. The van der Waals surface area contributed by atoms with Gasteiger partial charge in [0.05, 0.1) is 0 Å². The Bertz CT molecular complexity index is 731. The van der Waals surface area contributed by atoms with Gasteiger partial charge in [-0.1, -0.05) is 38.1 Å². The number of fused-ring (bicyclic) bond motifs is 1.